The maximum atomic E-state index is 13.3. The normalized spacial score (nSPS) is 18.4. The quantitative estimate of drug-likeness (QED) is 0.778. The van der Waals surface area contributed by atoms with E-state index in [0.717, 1.165) is 18.5 Å². The predicted octanol–water partition coefficient (Wildman–Crippen LogP) is 2.99. The minimum Gasteiger partial charge on any atom is -0.338 e. The number of likely N-dealkylation sites (tertiary alicyclic amines) is 1. The number of hydrogen-bond donors (Lipinski definition) is 0. The van der Waals surface area contributed by atoms with Crippen LogP contribution in [-0.4, -0.2) is 38.4 Å². The smallest absolute Gasteiger partial charge is 0.338 e. The van der Waals surface area contributed by atoms with Crippen LogP contribution in [0.15, 0.2) is 24.7 Å². The number of hydrogen-bond acceptors (Lipinski definition) is 3. The van der Waals surface area contributed by atoms with E-state index in [1.807, 2.05) is 0 Å². The summed E-state index contributed by atoms with van der Waals surface area (Å²) < 4.78 is 53.1. The molecule has 9 heteroatoms. The van der Waals surface area contributed by atoms with Crippen LogP contribution in [0.4, 0.5) is 17.6 Å². The van der Waals surface area contributed by atoms with Gasteiger partial charge in [-0.1, -0.05) is 0 Å². The standard InChI is InChI=1S/C16H16F4N4O/c1-23-9-13(16(18,19)20)22-14(23)10-3-2-4-24(8-10)15(25)11-5-12(17)7-21-6-11/h5-7,9-10H,2-4,8H2,1H3/t10-/m0/s1. The summed E-state index contributed by atoms with van der Waals surface area (Å²) in [7, 11) is 1.51. The van der Waals surface area contributed by atoms with Crippen LogP contribution in [0.3, 0.4) is 0 Å². The average molecular weight is 356 g/mol. The van der Waals surface area contributed by atoms with Crippen LogP contribution in [0.2, 0.25) is 0 Å². The Morgan fingerprint density at radius 1 is 1.32 bits per heavy atom. The minimum atomic E-state index is -4.51. The van der Waals surface area contributed by atoms with Crippen molar-refractivity contribution in [2.45, 2.75) is 24.9 Å². The lowest BCUT2D eigenvalue weighted by molar-refractivity contribution is -0.141. The molecule has 0 N–H and O–H groups in total. The first-order valence-corrected chi connectivity index (χ1v) is 7.76. The van der Waals surface area contributed by atoms with Crippen molar-refractivity contribution in [3.8, 4) is 0 Å². The second-order valence-electron chi connectivity index (χ2n) is 6.08. The molecule has 25 heavy (non-hydrogen) atoms. The summed E-state index contributed by atoms with van der Waals surface area (Å²) in [5.74, 6) is -1.01. The molecule has 0 aromatic carbocycles. The first-order chi connectivity index (χ1) is 11.8. The fourth-order valence-electron chi connectivity index (χ4n) is 3.08. The topological polar surface area (TPSA) is 51.0 Å². The third-order valence-corrected chi connectivity index (χ3v) is 4.23. The average Bonchev–Trinajstić information content (AvgIpc) is 2.96. The summed E-state index contributed by atoms with van der Waals surface area (Å²) in [4.78, 5) is 21.4. The van der Waals surface area contributed by atoms with Gasteiger partial charge >= 0.3 is 6.18 Å². The number of amides is 1. The van der Waals surface area contributed by atoms with E-state index in [2.05, 4.69) is 9.97 Å². The number of imidazole rings is 1. The van der Waals surface area contributed by atoms with E-state index < -0.39 is 17.7 Å². The number of piperidine rings is 1. The molecular weight excluding hydrogens is 340 g/mol. The van der Waals surface area contributed by atoms with Crippen molar-refractivity contribution >= 4 is 5.91 Å². The summed E-state index contributed by atoms with van der Waals surface area (Å²) >= 11 is 0. The molecule has 1 fully saturated rings. The van der Waals surface area contributed by atoms with Crippen LogP contribution >= 0.6 is 0 Å². The van der Waals surface area contributed by atoms with Gasteiger partial charge in [0.05, 0.1) is 11.8 Å². The van der Waals surface area contributed by atoms with Gasteiger partial charge in [0, 0.05) is 38.4 Å². The zero-order valence-corrected chi connectivity index (χ0v) is 13.4. The Hall–Kier alpha value is -2.45. The van der Waals surface area contributed by atoms with Gasteiger partial charge in [-0.05, 0) is 18.9 Å². The summed E-state index contributed by atoms with van der Waals surface area (Å²) in [6, 6.07) is 1.10. The number of carbonyl (C=O) groups excluding carboxylic acids is 1. The monoisotopic (exact) mass is 356 g/mol. The zero-order valence-electron chi connectivity index (χ0n) is 13.4. The molecular formula is C16H16F4N4O. The van der Waals surface area contributed by atoms with Gasteiger partial charge in [-0.25, -0.2) is 9.37 Å². The molecule has 0 aliphatic carbocycles. The van der Waals surface area contributed by atoms with Crippen LogP contribution in [0.1, 0.15) is 40.6 Å². The molecule has 0 bridgehead atoms. The van der Waals surface area contributed by atoms with Gasteiger partial charge in [0.15, 0.2) is 5.69 Å². The van der Waals surface area contributed by atoms with E-state index in [4.69, 9.17) is 0 Å². The molecule has 2 aromatic heterocycles. The Morgan fingerprint density at radius 2 is 2.08 bits per heavy atom. The number of aromatic nitrogens is 3. The van der Waals surface area contributed by atoms with Crippen molar-refractivity contribution in [1.82, 2.24) is 19.4 Å². The Morgan fingerprint density at radius 3 is 2.72 bits per heavy atom. The van der Waals surface area contributed by atoms with Gasteiger partial charge in [0.25, 0.3) is 5.91 Å². The van der Waals surface area contributed by atoms with E-state index in [1.165, 1.54) is 22.7 Å². The van der Waals surface area contributed by atoms with Crippen molar-refractivity contribution in [2.24, 2.45) is 7.05 Å². The van der Waals surface area contributed by atoms with Gasteiger partial charge in [-0.15, -0.1) is 0 Å². The number of alkyl halides is 3. The molecule has 1 atom stereocenters. The van der Waals surface area contributed by atoms with Crippen molar-refractivity contribution in [3.05, 3.63) is 47.6 Å². The van der Waals surface area contributed by atoms with Crippen molar-refractivity contribution in [2.75, 3.05) is 13.1 Å². The van der Waals surface area contributed by atoms with E-state index in [9.17, 15) is 22.4 Å². The van der Waals surface area contributed by atoms with Gasteiger partial charge in [0.1, 0.15) is 11.6 Å². The minimum absolute atomic E-state index is 0.122. The number of pyridine rings is 1. The van der Waals surface area contributed by atoms with Crippen LogP contribution in [0.5, 0.6) is 0 Å². The van der Waals surface area contributed by atoms with E-state index >= 15 is 0 Å². The lowest BCUT2D eigenvalue weighted by atomic mass is 9.96. The second-order valence-corrected chi connectivity index (χ2v) is 6.08. The fraction of sp³-hybridized carbons (Fsp3) is 0.438. The zero-order chi connectivity index (χ0) is 18.2. The molecule has 0 unspecified atom stereocenters. The largest absolute Gasteiger partial charge is 0.434 e. The number of nitrogens with zero attached hydrogens (tertiary/aromatic N) is 4. The molecule has 0 saturated carbocycles. The first kappa shape index (κ1) is 17.4. The Balaban J connectivity index is 1.80. The number of halogens is 4. The summed E-state index contributed by atoms with van der Waals surface area (Å²) in [6.45, 7) is 0.694. The van der Waals surface area contributed by atoms with Gasteiger partial charge < -0.3 is 9.47 Å². The number of aryl methyl sites for hydroxylation is 1. The van der Waals surface area contributed by atoms with Crippen LogP contribution in [-0.2, 0) is 13.2 Å². The van der Waals surface area contributed by atoms with Crippen LogP contribution in [0, 0.1) is 5.82 Å². The molecule has 0 spiro atoms. The SMILES string of the molecule is Cn1cc(C(F)(F)F)nc1[C@H]1CCCN(C(=O)c2cncc(F)c2)C1. The lowest BCUT2D eigenvalue weighted by Gasteiger charge is -2.32. The molecule has 0 radical (unpaired) electrons. The molecule has 134 valence electrons. The number of carbonyl (C=O) groups is 1. The Bertz CT molecular complexity index is 787. The third kappa shape index (κ3) is 3.64. The van der Waals surface area contributed by atoms with Gasteiger partial charge in [-0.2, -0.15) is 13.2 Å². The van der Waals surface area contributed by atoms with Gasteiger partial charge in [0.2, 0.25) is 0 Å². The molecule has 1 saturated heterocycles. The van der Waals surface area contributed by atoms with Crippen LogP contribution in [0.25, 0.3) is 0 Å². The molecule has 3 rings (SSSR count). The van der Waals surface area contributed by atoms with Crippen molar-refractivity contribution in [3.63, 3.8) is 0 Å². The molecule has 3 heterocycles. The second kappa shape index (κ2) is 6.45. The van der Waals surface area contributed by atoms with E-state index in [0.29, 0.717) is 25.2 Å². The van der Waals surface area contributed by atoms with E-state index in [1.54, 1.807) is 0 Å². The summed E-state index contributed by atoms with van der Waals surface area (Å²) in [5, 5.41) is 0. The molecule has 1 aliphatic heterocycles. The first-order valence-electron chi connectivity index (χ1n) is 7.76. The molecule has 1 amide bonds. The highest BCUT2D eigenvalue weighted by Crippen LogP contribution is 2.32. The maximum Gasteiger partial charge on any atom is 0.434 e. The van der Waals surface area contributed by atoms with Crippen molar-refractivity contribution in [1.29, 1.82) is 0 Å². The lowest BCUT2D eigenvalue weighted by Crippen LogP contribution is -2.39. The van der Waals surface area contributed by atoms with E-state index in [-0.39, 0.29) is 23.9 Å². The van der Waals surface area contributed by atoms with Gasteiger partial charge in [-0.3, -0.25) is 9.78 Å². The highest BCUT2D eigenvalue weighted by Gasteiger charge is 2.36. The highest BCUT2D eigenvalue weighted by atomic mass is 19.4. The third-order valence-electron chi connectivity index (χ3n) is 4.23. The molecule has 2 aromatic rings. The van der Waals surface area contributed by atoms with Crippen molar-refractivity contribution < 1.29 is 22.4 Å². The summed E-state index contributed by atoms with van der Waals surface area (Å²) in [5.41, 5.74) is -0.820. The molecule has 5 nitrogen and oxygen atoms in total. The van der Waals surface area contributed by atoms with Crippen LogP contribution < -0.4 is 0 Å². The predicted molar refractivity (Wildman–Crippen MR) is 80.3 cm³/mol. The number of rotatable bonds is 2. The summed E-state index contributed by atoms with van der Waals surface area (Å²) in [6.07, 6.45) is -0.0133. The Kier molecular flexibility index (Phi) is 4.49. The Labute approximate surface area is 141 Å². The molecule has 1 aliphatic rings. The fourth-order valence-corrected chi connectivity index (χ4v) is 3.08. The highest BCUT2D eigenvalue weighted by molar-refractivity contribution is 5.94. The maximum absolute atomic E-state index is 13.3.